The standard InChI is InChI=1S/C29H32N6O3/c1-29(2,3)38-28(36)35-14-12-34(13-15-35)27-25-23(18-30-19-24(25)37-4)32-26(33-27)21-10-11-31-22(17-21)16-20-8-6-5-7-9-20/h5-11,17-19H,12-16H2,1-4H3. The van der Waals surface area contributed by atoms with Crippen LogP contribution in [0.25, 0.3) is 22.3 Å². The predicted octanol–water partition coefficient (Wildman–Crippen LogP) is 4.74. The first-order chi connectivity index (χ1) is 18.3. The molecule has 0 aliphatic carbocycles. The van der Waals surface area contributed by atoms with Crippen LogP contribution in [0.15, 0.2) is 61.1 Å². The minimum atomic E-state index is -0.532. The highest BCUT2D eigenvalue weighted by molar-refractivity contribution is 5.95. The van der Waals surface area contributed by atoms with Crippen molar-refractivity contribution in [2.45, 2.75) is 32.8 Å². The molecule has 0 bridgehead atoms. The van der Waals surface area contributed by atoms with Gasteiger partial charge in [-0.2, -0.15) is 0 Å². The zero-order chi connectivity index (χ0) is 26.7. The van der Waals surface area contributed by atoms with Crippen LogP contribution < -0.4 is 9.64 Å². The van der Waals surface area contributed by atoms with Crippen LogP contribution in [0.3, 0.4) is 0 Å². The van der Waals surface area contributed by atoms with E-state index in [1.54, 1.807) is 30.6 Å². The first kappa shape index (κ1) is 25.4. The molecule has 1 aromatic carbocycles. The first-order valence-corrected chi connectivity index (χ1v) is 12.7. The third kappa shape index (κ3) is 5.66. The van der Waals surface area contributed by atoms with Crippen LogP contribution in [0, 0.1) is 0 Å². The first-order valence-electron chi connectivity index (χ1n) is 12.7. The van der Waals surface area contributed by atoms with Crippen LogP contribution >= 0.6 is 0 Å². The molecule has 3 aromatic heterocycles. The number of piperazine rings is 1. The van der Waals surface area contributed by atoms with Gasteiger partial charge in [0.1, 0.15) is 17.2 Å². The van der Waals surface area contributed by atoms with E-state index in [9.17, 15) is 4.79 Å². The number of benzene rings is 1. The van der Waals surface area contributed by atoms with Crippen molar-refractivity contribution >= 4 is 22.8 Å². The number of hydrogen-bond acceptors (Lipinski definition) is 8. The third-order valence-corrected chi connectivity index (χ3v) is 6.31. The van der Waals surface area contributed by atoms with Crippen molar-refractivity contribution in [1.29, 1.82) is 0 Å². The van der Waals surface area contributed by atoms with Crippen LogP contribution in [0.2, 0.25) is 0 Å². The van der Waals surface area contributed by atoms with E-state index in [0.29, 0.717) is 43.3 Å². The Morgan fingerprint density at radius 1 is 1.00 bits per heavy atom. The van der Waals surface area contributed by atoms with Gasteiger partial charge in [-0.25, -0.2) is 14.8 Å². The summed E-state index contributed by atoms with van der Waals surface area (Å²) in [5, 5.41) is 0.801. The molecule has 5 rings (SSSR count). The number of aromatic nitrogens is 4. The molecule has 1 aliphatic heterocycles. The van der Waals surface area contributed by atoms with Crippen LogP contribution in [-0.4, -0.2) is 69.8 Å². The highest BCUT2D eigenvalue weighted by Crippen LogP contribution is 2.34. The molecule has 4 aromatic rings. The van der Waals surface area contributed by atoms with E-state index in [2.05, 4.69) is 27.0 Å². The summed E-state index contributed by atoms with van der Waals surface area (Å²) in [5.74, 6) is 1.96. The molecule has 0 spiro atoms. The Kier molecular flexibility index (Phi) is 7.09. The van der Waals surface area contributed by atoms with Gasteiger partial charge in [0.25, 0.3) is 0 Å². The Bertz CT molecular complexity index is 1430. The van der Waals surface area contributed by atoms with Crippen molar-refractivity contribution in [3.8, 4) is 17.1 Å². The van der Waals surface area contributed by atoms with Crippen molar-refractivity contribution in [2.24, 2.45) is 0 Å². The second-order valence-corrected chi connectivity index (χ2v) is 10.3. The monoisotopic (exact) mass is 512 g/mol. The average molecular weight is 513 g/mol. The molecule has 38 heavy (non-hydrogen) atoms. The second-order valence-electron chi connectivity index (χ2n) is 10.3. The average Bonchev–Trinajstić information content (AvgIpc) is 2.92. The fraction of sp³-hybridized carbons (Fsp3) is 0.345. The Morgan fingerprint density at radius 3 is 2.47 bits per heavy atom. The molecule has 1 saturated heterocycles. The molecule has 0 radical (unpaired) electrons. The number of anilines is 1. The fourth-order valence-corrected chi connectivity index (χ4v) is 4.49. The van der Waals surface area contributed by atoms with Crippen LogP contribution in [0.1, 0.15) is 32.0 Å². The van der Waals surface area contributed by atoms with Crippen molar-refractivity contribution in [3.05, 3.63) is 72.3 Å². The summed E-state index contributed by atoms with van der Waals surface area (Å²) in [6.07, 6.45) is 5.63. The number of methoxy groups -OCH3 is 1. The summed E-state index contributed by atoms with van der Waals surface area (Å²) < 4.78 is 11.2. The molecular formula is C29H32N6O3. The summed E-state index contributed by atoms with van der Waals surface area (Å²) in [6.45, 7) is 7.89. The summed E-state index contributed by atoms with van der Waals surface area (Å²) >= 11 is 0. The summed E-state index contributed by atoms with van der Waals surface area (Å²) in [4.78, 5) is 35.3. The molecular weight excluding hydrogens is 480 g/mol. The number of ether oxygens (including phenoxy) is 2. The van der Waals surface area contributed by atoms with E-state index in [-0.39, 0.29) is 6.09 Å². The van der Waals surface area contributed by atoms with E-state index in [1.807, 2.05) is 51.1 Å². The van der Waals surface area contributed by atoms with Gasteiger partial charge in [-0.15, -0.1) is 0 Å². The third-order valence-electron chi connectivity index (χ3n) is 6.31. The van der Waals surface area contributed by atoms with E-state index < -0.39 is 5.60 Å². The normalized spacial score (nSPS) is 14.0. The highest BCUT2D eigenvalue weighted by atomic mass is 16.6. The Morgan fingerprint density at radius 2 is 1.76 bits per heavy atom. The largest absolute Gasteiger partial charge is 0.494 e. The molecule has 4 heterocycles. The topological polar surface area (TPSA) is 93.6 Å². The van der Waals surface area contributed by atoms with E-state index in [1.165, 1.54) is 5.56 Å². The van der Waals surface area contributed by atoms with Crippen LogP contribution in [-0.2, 0) is 11.2 Å². The van der Waals surface area contributed by atoms with Crippen LogP contribution in [0.5, 0.6) is 5.75 Å². The Hall–Kier alpha value is -4.27. The van der Waals surface area contributed by atoms with Gasteiger partial charge in [0.2, 0.25) is 0 Å². The van der Waals surface area contributed by atoms with Gasteiger partial charge >= 0.3 is 6.09 Å². The quantitative estimate of drug-likeness (QED) is 0.378. The molecule has 0 saturated carbocycles. The number of pyridine rings is 2. The van der Waals surface area contributed by atoms with Gasteiger partial charge in [0.05, 0.1) is 30.4 Å². The number of fused-ring (bicyclic) bond motifs is 1. The number of hydrogen-bond donors (Lipinski definition) is 0. The Labute approximate surface area is 222 Å². The fourth-order valence-electron chi connectivity index (χ4n) is 4.49. The molecule has 1 aliphatic rings. The maximum absolute atomic E-state index is 12.6. The smallest absolute Gasteiger partial charge is 0.410 e. The van der Waals surface area contributed by atoms with Crippen molar-refractivity contribution in [1.82, 2.24) is 24.8 Å². The van der Waals surface area contributed by atoms with Gasteiger partial charge < -0.3 is 19.3 Å². The SMILES string of the molecule is COc1cncc2nc(-c3ccnc(Cc4ccccc4)c3)nc(N3CCN(C(=O)OC(C)(C)C)CC3)c12. The van der Waals surface area contributed by atoms with Gasteiger partial charge in [0.15, 0.2) is 5.82 Å². The lowest BCUT2D eigenvalue weighted by molar-refractivity contribution is 0.0240. The molecule has 0 atom stereocenters. The molecule has 1 fully saturated rings. The Balaban J connectivity index is 1.47. The van der Waals surface area contributed by atoms with Gasteiger partial charge in [-0.3, -0.25) is 9.97 Å². The lowest BCUT2D eigenvalue weighted by Gasteiger charge is -2.36. The van der Waals surface area contributed by atoms with Gasteiger partial charge in [-0.1, -0.05) is 30.3 Å². The number of amides is 1. The predicted molar refractivity (Wildman–Crippen MR) is 146 cm³/mol. The zero-order valence-corrected chi connectivity index (χ0v) is 22.2. The van der Waals surface area contributed by atoms with Gasteiger partial charge in [0, 0.05) is 50.1 Å². The molecule has 0 unspecified atom stereocenters. The zero-order valence-electron chi connectivity index (χ0n) is 22.2. The molecule has 0 N–H and O–H groups in total. The summed E-state index contributed by atoms with van der Waals surface area (Å²) in [7, 11) is 1.62. The number of carbonyl (C=O) groups is 1. The maximum atomic E-state index is 12.6. The van der Waals surface area contributed by atoms with Crippen molar-refractivity contribution in [3.63, 3.8) is 0 Å². The van der Waals surface area contributed by atoms with E-state index in [0.717, 1.165) is 28.9 Å². The van der Waals surface area contributed by atoms with E-state index >= 15 is 0 Å². The highest BCUT2D eigenvalue weighted by Gasteiger charge is 2.28. The number of rotatable bonds is 5. The minimum Gasteiger partial charge on any atom is -0.494 e. The molecule has 196 valence electrons. The number of carbonyl (C=O) groups excluding carboxylic acids is 1. The minimum absolute atomic E-state index is 0.296. The molecule has 9 heteroatoms. The van der Waals surface area contributed by atoms with Gasteiger partial charge in [-0.05, 0) is 38.5 Å². The van der Waals surface area contributed by atoms with E-state index in [4.69, 9.17) is 19.4 Å². The maximum Gasteiger partial charge on any atom is 0.410 e. The lowest BCUT2D eigenvalue weighted by atomic mass is 10.1. The lowest BCUT2D eigenvalue weighted by Crippen LogP contribution is -2.50. The number of nitrogens with zero attached hydrogens (tertiary/aromatic N) is 6. The van der Waals surface area contributed by atoms with Crippen molar-refractivity contribution < 1.29 is 14.3 Å². The molecule has 1 amide bonds. The second kappa shape index (κ2) is 10.6. The summed E-state index contributed by atoms with van der Waals surface area (Å²) in [5.41, 5.74) is 3.17. The van der Waals surface area contributed by atoms with Crippen molar-refractivity contribution in [2.75, 3.05) is 38.2 Å². The summed E-state index contributed by atoms with van der Waals surface area (Å²) in [6, 6.07) is 14.2. The van der Waals surface area contributed by atoms with Crippen LogP contribution in [0.4, 0.5) is 10.6 Å². The molecule has 9 nitrogen and oxygen atoms in total.